The van der Waals surface area contributed by atoms with Gasteiger partial charge in [0.1, 0.15) is 23.8 Å². The number of rotatable bonds is 9. The first-order valence-electron chi connectivity index (χ1n) is 10.2. The molecule has 2 aromatic heterocycles. The van der Waals surface area contributed by atoms with Gasteiger partial charge in [-0.3, -0.25) is 19.1 Å². The van der Waals surface area contributed by atoms with Crippen molar-refractivity contribution in [1.82, 2.24) is 15.1 Å². The van der Waals surface area contributed by atoms with Crippen molar-refractivity contribution in [1.29, 1.82) is 0 Å². The maximum Gasteiger partial charge on any atom is 0.291 e. The van der Waals surface area contributed by atoms with E-state index in [1.807, 2.05) is 13.8 Å². The van der Waals surface area contributed by atoms with E-state index in [0.29, 0.717) is 35.2 Å². The van der Waals surface area contributed by atoms with E-state index in [0.717, 1.165) is 0 Å². The van der Waals surface area contributed by atoms with Gasteiger partial charge in [0.2, 0.25) is 0 Å². The number of carbonyl (C=O) groups excluding carboxylic acids is 3. The Morgan fingerprint density at radius 1 is 1.09 bits per heavy atom. The molecule has 9 nitrogen and oxygen atoms in total. The van der Waals surface area contributed by atoms with Gasteiger partial charge in [-0.1, -0.05) is 13.8 Å². The molecule has 0 aliphatic heterocycles. The molecule has 0 saturated carbocycles. The molecule has 2 N–H and O–H groups in total. The van der Waals surface area contributed by atoms with Crippen LogP contribution in [0.3, 0.4) is 0 Å². The summed E-state index contributed by atoms with van der Waals surface area (Å²) in [6, 6.07) is 9.92. The average molecular weight is 438 g/mol. The van der Waals surface area contributed by atoms with Crippen molar-refractivity contribution >= 4 is 23.3 Å². The summed E-state index contributed by atoms with van der Waals surface area (Å²) in [6.45, 7) is 6.11. The van der Waals surface area contributed by atoms with Crippen molar-refractivity contribution in [3.8, 4) is 5.75 Å². The van der Waals surface area contributed by atoms with E-state index in [4.69, 9.17) is 9.15 Å². The fraction of sp³-hybridized carbons (Fsp3) is 0.304. The predicted octanol–water partition coefficient (Wildman–Crippen LogP) is 3.43. The Balaban J connectivity index is 1.61. The smallest absolute Gasteiger partial charge is 0.291 e. The van der Waals surface area contributed by atoms with Gasteiger partial charge in [0.15, 0.2) is 11.5 Å². The molecule has 0 saturated heterocycles. The number of hydrogen-bond acceptors (Lipinski definition) is 6. The van der Waals surface area contributed by atoms with Crippen LogP contribution in [0.15, 0.2) is 47.0 Å². The number of ketones is 1. The monoisotopic (exact) mass is 438 g/mol. The van der Waals surface area contributed by atoms with E-state index < -0.39 is 5.91 Å². The predicted molar refractivity (Wildman–Crippen MR) is 118 cm³/mol. The zero-order valence-corrected chi connectivity index (χ0v) is 18.5. The van der Waals surface area contributed by atoms with Crippen LogP contribution in [0.25, 0.3) is 0 Å². The molecule has 0 radical (unpaired) electrons. The number of nitrogens with one attached hydrogen (secondary N) is 2. The van der Waals surface area contributed by atoms with E-state index in [9.17, 15) is 14.4 Å². The lowest BCUT2D eigenvalue weighted by atomic mass is 10.1. The Bertz CT molecular complexity index is 1110. The van der Waals surface area contributed by atoms with Gasteiger partial charge in [-0.2, -0.15) is 5.10 Å². The zero-order valence-electron chi connectivity index (χ0n) is 18.5. The molecule has 1 aromatic carbocycles. The summed E-state index contributed by atoms with van der Waals surface area (Å²) in [5, 5.41) is 9.55. The van der Waals surface area contributed by atoms with Crippen LogP contribution in [0.5, 0.6) is 5.75 Å². The highest BCUT2D eigenvalue weighted by molar-refractivity contribution is 6.07. The normalized spacial score (nSPS) is 10.8. The lowest BCUT2D eigenvalue weighted by Gasteiger charge is -2.10. The number of amides is 2. The van der Waals surface area contributed by atoms with Crippen molar-refractivity contribution in [2.24, 2.45) is 13.0 Å². The van der Waals surface area contributed by atoms with Crippen LogP contribution in [0.1, 0.15) is 57.9 Å². The summed E-state index contributed by atoms with van der Waals surface area (Å²) < 4.78 is 12.6. The fourth-order valence-electron chi connectivity index (χ4n) is 2.88. The number of aryl methyl sites for hydroxylation is 1. The van der Waals surface area contributed by atoms with E-state index in [1.165, 1.54) is 23.9 Å². The van der Waals surface area contributed by atoms with Crippen molar-refractivity contribution < 1.29 is 23.5 Å². The standard InChI is InChI=1S/C23H26N4O5/c1-14(2)11-24-23(30)21-19(12-25-27(21)4)26-22(29)20-10-9-18(32-20)13-31-17-7-5-16(6-8-17)15(3)28/h5-10,12,14H,11,13H2,1-4H3,(H,24,30)(H,26,29). The average Bonchev–Trinajstić information content (AvgIpc) is 3.37. The molecular formula is C23H26N4O5. The van der Waals surface area contributed by atoms with Gasteiger partial charge in [0.05, 0.1) is 11.9 Å². The summed E-state index contributed by atoms with van der Waals surface area (Å²) in [6.07, 6.45) is 1.42. The highest BCUT2D eigenvalue weighted by Gasteiger charge is 2.20. The first kappa shape index (κ1) is 22.8. The second-order valence-corrected chi connectivity index (χ2v) is 7.72. The Morgan fingerprint density at radius 3 is 2.47 bits per heavy atom. The Labute approximate surface area is 185 Å². The molecule has 3 rings (SSSR count). The van der Waals surface area contributed by atoms with Crippen LogP contribution in [0, 0.1) is 5.92 Å². The van der Waals surface area contributed by atoms with Gasteiger partial charge in [-0.15, -0.1) is 0 Å². The number of furan rings is 1. The molecule has 0 fully saturated rings. The number of Topliss-reactive ketones (excluding diaryl/α,β-unsaturated/α-hetero) is 1. The minimum absolute atomic E-state index is 0.0209. The number of carbonyl (C=O) groups is 3. The van der Waals surface area contributed by atoms with Gasteiger partial charge in [0, 0.05) is 19.2 Å². The van der Waals surface area contributed by atoms with Gasteiger partial charge in [-0.25, -0.2) is 0 Å². The molecule has 0 aliphatic carbocycles. The van der Waals surface area contributed by atoms with Crippen molar-refractivity contribution in [2.75, 3.05) is 11.9 Å². The molecule has 3 aromatic rings. The van der Waals surface area contributed by atoms with Crippen LogP contribution in [0.2, 0.25) is 0 Å². The molecule has 0 bridgehead atoms. The van der Waals surface area contributed by atoms with Crippen molar-refractivity contribution in [3.63, 3.8) is 0 Å². The van der Waals surface area contributed by atoms with Crippen LogP contribution in [-0.4, -0.2) is 33.9 Å². The van der Waals surface area contributed by atoms with Gasteiger partial charge in [-0.05, 0) is 49.2 Å². The molecule has 0 spiro atoms. The minimum Gasteiger partial charge on any atom is -0.486 e. The lowest BCUT2D eigenvalue weighted by molar-refractivity contribution is 0.0939. The first-order valence-corrected chi connectivity index (χ1v) is 10.2. The SMILES string of the molecule is CC(=O)c1ccc(OCc2ccc(C(=O)Nc3cnn(C)c3C(=O)NCC(C)C)o2)cc1. The molecule has 0 aliphatic rings. The van der Waals surface area contributed by atoms with Gasteiger partial charge < -0.3 is 19.8 Å². The maximum atomic E-state index is 12.6. The summed E-state index contributed by atoms with van der Waals surface area (Å²) in [4.78, 5) is 36.4. The molecule has 9 heteroatoms. The Morgan fingerprint density at radius 2 is 1.81 bits per heavy atom. The molecular weight excluding hydrogens is 412 g/mol. The molecule has 0 unspecified atom stereocenters. The number of aromatic nitrogens is 2. The second kappa shape index (κ2) is 9.95. The maximum absolute atomic E-state index is 12.6. The van der Waals surface area contributed by atoms with E-state index in [-0.39, 0.29) is 29.8 Å². The minimum atomic E-state index is -0.507. The van der Waals surface area contributed by atoms with Crippen molar-refractivity contribution in [3.05, 3.63) is 65.4 Å². The van der Waals surface area contributed by atoms with Crippen LogP contribution in [-0.2, 0) is 13.7 Å². The van der Waals surface area contributed by atoms with E-state index in [2.05, 4.69) is 15.7 Å². The number of anilines is 1. The topological polar surface area (TPSA) is 115 Å². The highest BCUT2D eigenvalue weighted by atomic mass is 16.5. The van der Waals surface area contributed by atoms with Crippen LogP contribution < -0.4 is 15.4 Å². The van der Waals surface area contributed by atoms with Gasteiger partial charge >= 0.3 is 0 Å². The Kier molecular flexibility index (Phi) is 7.09. The van der Waals surface area contributed by atoms with Crippen LogP contribution >= 0.6 is 0 Å². The first-order chi connectivity index (χ1) is 15.2. The van der Waals surface area contributed by atoms with E-state index in [1.54, 1.807) is 37.4 Å². The summed E-state index contributed by atoms with van der Waals surface area (Å²) >= 11 is 0. The third kappa shape index (κ3) is 5.63. The van der Waals surface area contributed by atoms with Gasteiger partial charge in [0.25, 0.3) is 11.8 Å². The third-order valence-corrected chi connectivity index (χ3v) is 4.60. The summed E-state index contributed by atoms with van der Waals surface area (Å²) in [5.74, 6) is 0.546. The van der Waals surface area contributed by atoms with E-state index >= 15 is 0 Å². The number of ether oxygens (including phenoxy) is 1. The summed E-state index contributed by atoms with van der Waals surface area (Å²) in [7, 11) is 1.63. The molecule has 168 valence electrons. The number of nitrogens with zero attached hydrogens (tertiary/aromatic N) is 2. The summed E-state index contributed by atoms with van der Waals surface area (Å²) in [5.41, 5.74) is 1.14. The van der Waals surface area contributed by atoms with Crippen LogP contribution in [0.4, 0.5) is 5.69 Å². The number of hydrogen-bond donors (Lipinski definition) is 2. The van der Waals surface area contributed by atoms with Crippen molar-refractivity contribution in [2.45, 2.75) is 27.4 Å². The molecule has 2 heterocycles. The third-order valence-electron chi connectivity index (χ3n) is 4.60. The second-order valence-electron chi connectivity index (χ2n) is 7.72. The Hall–Kier alpha value is -3.88. The fourth-order valence-corrected chi connectivity index (χ4v) is 2.88. The number of benzene rings is 1. The molecule has 0 atom stereocenters. The largest absolute Gasteiger partial charge is 0.486 e. The lowest BCUT2D eigenvalue weighted by Crippen LogP contribution is -2.30. The highest BCUT2D eigenvalue weighted by Crippen LogP contribution is 2.19. The molecule has 2 amide bonds. The quantitative estimate of drug-likeness (QED) is 0.495. The molecule has 32 heavy (non-hydrogen) atoms. The zero-order chi connectivity index (χ0) is 23.3.